The number of nitrogens with zero attached hydrogens (tertiary/aromatic N) is 5. The third-order valence-electron chi connectivity index (χ3n) is 4.59. The van der Waals surface area contributed by atoms with Gasteiger partial charge in [0.2, 0.25) is 0 Å². The van der Waals surface area contributed by atoms with Gasteiger partial charge in [0.15, 0.2) is 5.65 Å². The highest BCUT2D eigenvalue weighted by Crippen LogP contribution is 2.39. The van der Waals surface area contributed by atoms with E-state index in [1.54, 1.807) is 12.3 Å². The van der Waals surface area contributed by atoms with Crippen LogP contribution in [0.25, 0.3) is 16.9 Å². The van der Waals surface area contributed by atoms with Gasteiger partial charge in [0.05, 0.1) is 49.2 Å². The Morgan fingerprint density at radius 2 is 1.58 bits per heavy atom. The van der Waals surface area contributed by atoms with Crippen molar-refractivity contribution in [1.82, 2.24) is 9.38 Å². The molecule has 36 heavy (non-hydrogen) atoms. The quantitative estimate of drug-likeness (QED) is 0.235. The average Bonchev–Trinajstić information content (AvgIpc) is 3.24. The van der Waals surface area contributed by atoms with Gasteiger partial charge in [-0.3, -0.25) is 30.3 Å². The predicted molar refractivity (Wildman–Crippen MR) is 130 cm³/mol. The van der Waals surface area contributed by atoms with Gasteiger partial charge in [0.25, 0.3) is 11.4 Å². The first-order valence-electron chi connectivity index (χ1n) is 9.89. The summed E-state index contributed by atoms with van der Waals surface area (Å²) >= 11 is 12.2. The van der Waals surface area contributed by atoms with Crippen molar-refractivity contribution in [2.45, 2.75) is 6.92 Å². The molecule has 186 valence electrons. The Bertz CT molecular complexity index is 1460. The first-order chi connectivity index (χ1) is 17.0. The molecular formula is C21H15Cl2N5O8. The van der Waals surface area contributed by atoms with Crippen molar-refractivity contribution < 1.29 is 24.6 Å². The van der Waals surface area contributed by atoms with Gasteiger partial charge in [-0.1, -0.05) is 35.3 Å². The molecule has 13 nitrogen and oxygen atoms in total. The minimum absolute atomic E-state index is 0.447. The van der Waals surface area contributed by atoms with Crippen molar-refractivity contribution in [3.05, 3.63) is 95.2 Å². The second-order valence-corrected chi connectivity index (χ2v) is 7.74. The highest BCUT2D eigenvalue weighted by atomic mass is 35.5. The van der Waals surface area contributed by atoms with Crippen molar-refractivity contribution >= 4 is 45.9 Å². The highest BCUT2D eigenvalue weighted by Gasteiger charge is 2.30. The summed E-state index contributed by atoms with van der Waals surface area (Å²) in [4.78, 5) is 32.3. The van der Waals surface area contributed by atoms with Crippen LogP contribution in [0.3, 0.4) is 0 Å². The maximum Gasteiger partial charge on any atom is 0.324 e. The Morgan fingerprint density at radius 3 is 2.14 bits per heavy atom. The Labute approximate surface area is 211 Å². The molecule has 2 aromatic heterocycles. The maximum atomic E-state index is 10.4. The Hall–Kier alpha value is -4.49. The van der Waals surface area contributed by atoms with Crippen LogP contribution in [0.5, 0.6) is 11.5 Å². The lowest BCUT2D eigenvalue weighted by Crippen LogP contribution is -1.97. The summed E-state index contributed by atoms with van der Waals surface area (Å²) in [7, 11) is 0. The summed E-state index contributed by atoms with van der Waals surface area (Å²) in [6, 6.07) is 10.4. The van der Waals surface area contributed by atoms with Crippen LogP contribution in [0.2, 0.25) is 10.0 Å². The third-order valence-corrected chi connectivity index (χ3v) is 5.08. The van der Waals surface area contributed by atoms with E-state index in [1.165, 1.54) is 0 Å². The summed E-state index contributed by atoms with van der Waals surface area (Å²) < 4.78 is 7.46. The van der Waals surface area contributed by atoms with Crippen LogP contribution in [0.1, 0.15) is 6.92 Å². The molecule has 0 saturated carbocycles. The van der Waals surface area contributed by atoms with Gasteiger partial charge < -0.3 is 14.2 Å². The zero-order chi connectivity index (χ0) is 26.6. The lowest BCUT2D eigenvalue weighted by atomic mass is 10.1. The molecule has 0 aliphatic carbocycles. The van der Waals surface area contributed by atoms with E-state index in [4.69, 9.17) is 33.0 Å². The van der Waals surface area contributed by atoms with Crippen molar-refractivity contribution in [1.29, 1.82) is 0 Å². The number of phenolic OH excluding ortho intramolecular Hbond substituents is 1. The van der Waals surface area contributed by atoms with Gasteiger partial charge in [-0.15, -0.1) is 0 Å². The molecule has 0 amide bonds. The summed E-state index contributed by atoms with van der Waals surface area (Å²) in [5.74, 6) is -0.402. The topological polar surface area (TPSA) is 176 Å². The molecule has 1 N–H and O–H groups in total. The van der Waals surface area contributed by atoms with Crippen LogP contribution < -0.4 is 4.74 Å². The number of nitro benzene ring substituents is 3. The van der Waals surface area contributed by atoms with E-state index >= 15 is 0 Å². The van der Waals surface area contributed by atoms with Crippen LogP contribution in [0, 0.1) is 30.3 Å². The lowest BCUT2D eigenvalue weighted by molar-refractivity contribution is -0.404. The standard InChI is InChI=1S/C15H12Cl2N2O.C6H3N3O7/c1-2-20-14-6-4-3-5-11(14)13-9-19-8-10(16)7-12(17)15(19)18-13;10-6-4(8(13)14)1-3(7(11)12)2-5(6)9(15)16/h3-9H,2H2,1H3;1-2,10H. The van der Waals surface area contributed by atoms with Crippen molar-refractivity contribution in [2.24, 2.45) is 0 Å². The van der Waals surface area contributed by atoms with Crippen molar-refractivity contribution in [3.8, 4) is 22.8 Å². The Kier molecular flexibility index (Phi) is 7.86. The van der Waals surface area contributed by atoms with Gasteiger partial charge in [-0.25, -0.2) is 4.98 Å². The molecule has 0 bridgehead atoms. The average molecular weight is 536 g/mol. The van der Waals surface area contributed by atoms with Gasteiger partial charge in [0.1, 0.15) is 5.75 Å². The van der Waals surface area contributed by atoms with Crippen molar-refractivity contribution in [3.63, 3.8) is 0 Å². The molecule has 0 saturated heterocycles. The number of non-ortho nitro benzene ring substituents is 1. The molecule has 2 heterocycles. The second kappa shape index (κ2) is 10.8. The number of hydrogen-bond donors (Lipinski definition) is 1. The van der Waals surface area contributed by atoms with Crippen LogP contribution in [-0.4, -0.2) is 35.9 Å². The van der Waals surface area contributed by atoms with E-state index < -0.39 is 37.6 Å². The van der Waals surface area contributed by atoms with Gasteiger partial charge in [-0.05, 0) is 25.1 Å². The normalized spacial score (nSPS) is 10.4. The number of aromatic hydroxyl groups is 1. The number of imidazole rings is 1. The van der Waals surface area contributed by atoms with E-state index in [0.717, 1.165) is 17.0 Å². The fraction of sp³-hybridized carbons (Fsp3) is 0.0952. The maximum absolute atomic E-state index is 10.4. The summed E-state index contributed by atoms with van der Waals surface area (Å²) in [5.41, 5.74) is -0.584. The number of phenols is 1. The number of ether oxygens (including phenoxy) is 1. The molecule has 4 aromatic rings. The van der Waals surface area contributed by atoms with E-state index in [1.807, 2.05) is 41.8 Å². The van der Waals surface area contributed by atoms with Gasteiger partial charge >= 0.3 is 11.4 Å². The Morgan fingerprint density at radius 1 is 0.972 bits per heavy atom. The minimum atomic E-state index is -1.21. The molecule has 0 aliphatic heterocycles. The number of rotatable bonds is 6. The smallest absolute Gasteiger partial charge is 0.324 e. The fourth-order valence-electron chi connectivity index (χ4n) is 3.09. The van der Waals surface area contributed by atoms with Crippen molar-refractivity contribution in [2.75, 3.05) is 6.61 Å². The largest absolute Gasteiger partial charge is 0.497 e. The monoisotopic (exact) mass is 535 g/mol. The number of fused-ring (bicyclic) bond motifs is 1. The van der Waals surface area contributed by atoms with Gasteiger partial charge in [0, 0.05) is 18.0 Å². The predicted octanol–water partition coefficient (Wildman–Crippen LogP) is 5.82. The molecule has 0 radical (unpaired) electrons. The van der Waals surface area contributed by atoms with Crippen LogP contribution in [0.4, 0.5) is 17.1 Å². The minimum Gasteiger partial charge on any atom is -0.497 e. The number of halogens is 2. The number of para-hydroxylation sites is 1. The third kappa shape index (κ3) is 5.59. The Balaban J connectivity index is 0.000000207. The van der Waals surface area contributed by atoms with Gasteiger partial charge in [-0.2, -0.15) is 0 Å². The van der Waals surface area contributed by atoms with E-state index in [9.17, 15) is 30.3 Å². The summed E-state index contributed by atoms with van der Waals surface area (Å²) in [6.45, 7) is 2.56. The first kappa shape index (κ1) is 26.1. The molecule has 0 spiro atoms. The first-order valence-corrected chi connectivity index (χ1v) is 10.6. The molecule has 2 aromatic carbocycles. The van der Waals surface area contributed by atoms with E-state index in [0.29, 0.717) is 34.4 Å². The van der Waals surface area contributed by atoms with E-state index in [-0.39, 0.29) is 0 Å². The molecule has 0 atom stereocenters. The van der Waals surface area contributed by atoms with Crippen LogP contribution >= 0.6 is 23.2 Å². The lowest BCUT2D eigenvalue weighted by Gasteiger charge is -2.07. The molecule has 4 rings (SSSR count). The number of pyridine rings is 1. The SMILES string of the molecule is CCOc1ccccc1-c1cn2cc(Cl)cc(Cl)c2n1.O=[N+]([O-])c1cc([N+](=O)[O-])c(O)c([N+](=O)[O-])c1. The zero-order valence-corrected chi connectivity index (χ0v) is 19.7. The molecule has 0 aliphatic rings. The zero-order valence-electron chi connectivity index (χ0n) is 18.2. The summed E-state index contributed by atoms with van der Waals surface area (Å²) in [5, 5.41) is 41.3. The number of aromatic nitrogens is 2. The fourth-order valence-corrected chi connectivity index (χ4v) is 3.61. The molecule has 0 fully saturated rings. The number of nitro groups is 3. The number of hydrogen-bond acceptors (Lipinski definition) is 9. The van der Waals surface area contributed by atoms with Crippen LogP contribution in [0.15, 0.2) is 54.9 Å². The van der Waals surface area contributed by atoms with Crippen LogP contribution in [-0.2, 0) is 0 Å². The highest BCUT2D eigenvalue weighted by molar-refractivity contribution is 6.36. The summed E-state index contributed by atoms with van der Waals surface area (Å²) in [6.07, 6.45) is 3.67. The molecule has 0 unspecified atom stereocenters. The molecule has 15 heteroatoms. The number of benzene rings is 2. The second-order valence-electron chi connectivity index (χ2n) is 6.90. The molecular weight excluding hydrogens is 521 g/mol. The van der Waals surface area contributed by atoms with E-state index in [2.05, 4.69) is 4.98 Å².